The molecule has 0 unspecified atom stereocenters. The zero-order valence-corrected chi connectivity index (χ0v) is 11.9. The van der Waals surface area contributed by atoms with Crippen molar-refractivity contribution in [2.24, 2.45) is 5.73 Å². The number of carbonyl (C=O) groups excluding carboxylic acids is 1. The first-order valence-electron chi connectivity index (χ1n) is 5.63. The summed E-state index contributed by atoms with van der Waals surface area (Å²) in [5.41, 5.74) is 6.78. The van der Waals surface area contributed by atoms with Gasteiger partial charge in [0.05, 0.1) is 6.54 Å². The van der Waals surface area contributed by atoms with Crippen molar-refractivity contribution in [3.8, 4) is 0 Å². The minimum absolute atomic E-state index is 0.144. The number of rotatable bonds is 6. The van der Waals surface area contributed by atoms with E-state index in [1.165, 1.54) is 0 Å². The molecule has 0 spiro atoms. The van der Waals surface area contributed by atoms with Gasteiger partial charge in [0.1, 0.15) is 5.15 Å². The van der Waals surface area contributed by atoms with Gasteiger partial charge in [-0.2, -0.15) is 0 Å². The normalized spacial score (nSPS) is 10.9. The highest BCUT2D eigenvalue weighted by Gasteiger charge is 2.12. The topological polar surface area (TPSA) is 72.1 Å². The lowest BCUT2D eigenvalue weighted by Gasteiger charge is -2.19. The second-order valence-corrected chi connectivity index (χ2v) is 4.63. The van der Waals surface area contributed by atoms with Gasteiger partial charge in [-0.25, -0.2) is 9.97 Å². The van der Waals surface area contributed by atoms with Gasteiger partial charge in [-0.05, 0) is 31.5 Å². The number of primary amides is 1. The van der Waals surface area contributed by atoms with Crippen LogP contribution >= 0.6 is 23.2 Å². The first-order chi connectivity index (χ1) is 8.43. The summed E-state index contributed by atoms with van der Waals surface area (Å²) in [7, 11) is 0. The lowest BCUT2D eigenvalue weighted by molar-refractivity contribution is -0.119. The summed E-state index contributed by atoms with van der Waals surface area (Å²) in [5.74, 6) is -0.341. The van der Waals surface area contributed by atoms with Crippen LogP contribution in [0.4, 0.5) is 0 Å². The fraction of sp³-hybridized carbons (Fsp3) is 0.545. The van der Waals surface area contributed by atoms with E-state index in [-0.39, 0.29) is 17.7 Å². The van der Waals surface area contributed by atoms with Crippen LogP contribution in [-0.2, 0) is 11.2 Å². The third-order valence-electron chi connectivity index (χ3n) is 2.64. The molecule has 1 aromatic heterocycles. The van der Waals surface area contributed by atoms with E-state index >= 15 is 0 Å². The van der Waals surface area contributed by atoms with Crippen molar-refractivity contribution in [1.82, 2.24) is 14.9 Å². The van der Waals surface area contributed by atoms with Crippen LogP contribution < -0.4 is 5.73 Å². The van der Waals surface area contributed by atoms with Gasteiger partial charge in [0, 0.05) is 17.8 Å². The van der Waals surface area contributed by atoms with Crippen LogP contribution in [0.1, 0.15) is 18.2 Å². The second kappa shape index (κ2) is 6.87. The quantitative estimate of drug-likeness (QED) is 0.636. The molecule has 0 aliphatic heterocycles. The maximum atomic E-state index is 10.9. The molecule has 0 atom stereocenters. The van der Waals surface area contributed by atoms with Crippen LogP contribution in [0, 0.1) is 6.92 Å². The number of likely N-dealkylation sites (N-methyl/N-ethyl adjacent to an activating group) is 1. The predicted molar refractivity (Wildman–Crippen MR) is 71.8 cm³/mol. The number of halogens is 2. The Hall–Kier alpha value is -0.910. The van der Waals surface area contributed by atoms with Gasteiger partial charge in [0.2, 0.25) is 11.2 Å². The number of carbonyl (C=O) groups is 1. The van der Waals surface area contributed by atoms with Gasteiger partial charge in [0.15, 0.2) is 0 Å². The molecule has 0 radical (unpaired) electrons. The SMILES string of the molecule is CCN(CCc1c(C)nc(Cl)nc1Cl)CC(N)=O. The molecular weight excluding hydrogens is 275 g/mol. The summed E-state index contributed by atoms with van der Waals surface area (Å²) in [5, 5.41) is 0.508. The number of nitrogens with zero attached hydrogens (tertiary/aromatic N) is 3. The van der Waals surface area contributed by atoms with Gasteiger partial charge < -0.3 is 5.73 Å². The van der Waals surface area contributed by atoms with Gasteiger partial charge in [-0.3, -0.25) is 9.69 Å². The Morgan fingerprint density at radius 3 is 2.56 bits per heavy atom. The summed E-state index contributed by atoms with van der Waals surface area (Å²) in [6.45, 7) is 5.45. The van der Waals surface area contributed by atoms with Crippen LogP contribution in [0.25, 0.3) is 0 Å². The Balaban J connectivity index is 2.70. The van der Waals surface area contributed by atoms with E-state index in [4.69, 9.17) is 28.9 Å². The van der Waals surface area contributed by atoms with E-state index in [1.807, 2.05) is 18.7 Å². The number of aryl methyl sites for hydroxylation is 1. The molecule has 2 N–H and O–H groups in total. The molecule has 0 aromatic carbocycles. The predicted octanol–water partition coefficient (Wildman–Crippen LogP) is 1.44. The lowest BCUT2D eigenvalue weighted by atomic mass is 10.1. The molecule has 18 heavy (non-hydrogen) atoms. The molecule has 1 aromatic rings. The lowest BCUT2D eigenvalue weighted by Crippen LogP contribution is -2.35. The summed E-state index contributed by atoms with van der Waals surface area (Å²) in [6, 6.07) is 0. The van der Waals surface area contributed by atoms with Crippen LogP contribution in [0.3, 0.4) is 0 Å². The first-order valence-corrected chi connectivity index (χ1v) is 6.38. The van der Waals surface area contributed by atoms with Crippen LogP contribution in [0.5, 0.6) is 0 Å². The third-order valence-corrected chi connectivity index (χ3v) is 3.12. The van der Waals surface area contributed by atoms with Gasteiger partial charge in [-0.1, -0.05) is 18.5 Å². The number of hydrogen-bond acceptors (Lipinski definition) is 4. The van der Waals surface area contributed by atoms with Crippen molar-refractivity contribution >= 4 is 29.1 Å². The maximum Gasteiger partial charge on any atom is 0.231 e. The molecule has 1 amide bonds. The van der Waals surface area contributed by atoms with E-state index in [1.54, 1.807) is 0 Å². The highest BCUT2D eigenvalue weighted by molar-refractivity contribution is 6.32. The minimum Gasteiger partial charge on any atom is -0.369 e. The smallest absolute Gasteiger partial charge is 0.231 e. The molecule has 0 aliphatic carbocycles. The first kappa shape index (κ1) is 15.1. The van der Waals surface area contributed by atoms with Crippen molar-refractivity contribution in [2.45, 2.75) is 20.3 Å². The molecule has 0 saturated heterocycles. The average molecular weight is 291 g/mol. The molecule has 100 valence electrons. The van der Waals surface area contributed by atoms with E-state index in [9.17, 15) is 4.79 Å². The molecule has 0 fully saturated rings. The Bertz CT molecular complexity index is 416. The summed E-state index contributed by atoms with van der Waals surface area (Å²) < 4.78 is 0. The molecule has 0 saturated carbocycles. The summed E-state index contributed by atoms with van der Waals surface area (Å²) in [6.07, 6.45) is 0.656. The van der Waals surface area contributed by atoms with Crippen molar-refractivity contribution in [3.05, 3.63) is 21.7 Å². The molecule has 7 heteroatoms. The number of aromatic nitrogens is 2. The van der Waals surface area contributed by atoms with Crippen molar-refractivity contribution in [3.63, 3.8) is 0 Å². The molecular formula is C11H16Cl2N4O. The van der Waals surface area contributed by atoms with Gasteiger partial charge >= 0.3 is 0 Å². The Morgan fingerprint density at radius 2 is 2.06 bits per heavy atom. The minimum atomic E-state index is -0.341. The van der Waals surface area contributed by atoms with Gasteiger partial charge in [-0.15, -0.1) is 0 Å². The van der Waals surface area contributed by atoms with E-state index in [0.29, 0.717) is 18.1 Å². The molecule has 0 bridgehead atoms. The fourth-order valence-electron chi connectivity index (χ4n) is 1.65. The van der Waals surface area contributed by atoms with Crippen LogP contribution in [0.2, 0.25) is 10.4 Å². The highest BCUT2D eigenvalue weighted by Crippen LogP contribution is 2.19. The maximum absolute atomic E-state index is 10.9. The van der Waals surface area contributed by atoms with Crippen LogP contribution in [-0.4, -0.2) is 40.4 Å². The molecule has 1 heterocycles. The second-order valence-electron chi connectivity index (χ2n) is 3.93. The monoisotopic (exact) mass is 290 g/mol. The Labute approximate surface area is 116 Å². The fourth-order valence-corrected chi connectivity index (χ4v) is 2.22. The van der Waals surface area contributed by atoms with E-state index < -0.39 is 0 Å². The molecule has 1 rings (SSSR count). The standard InChI is InChI=1S/C11H16Cl2N4O/c1-3-17(6-9(14)18)5-4-8-7(2)15-11(13)16-10(8)12/h3-6H2,1-2H3,(H2,14,18). The zero-order chi connectivity index (χ0) is 13.7. The third kappa shape index (κ3) is 4.40. The Kier molecular flexibility index (Phi) is 5.78. The van der Waals surface area contributed by atoms with Crippen molar-refractivity contribution in [1.29, 1.82) is 0 Å². The number of amides is 1. The molecule has 0 aliphatic rings. The zero-order valence-electron chi connectivity index (χ0n) is 10.4. The van der Waals surface area contributed by atoms with Crippen molar-refractivity contribution < 1.29 is 4.79 Å². The summed E-state index contributed by atoms with van der Waals surface area (Å²) in [4.78, 5) is 20.8. The Morgan fingerprint density at radius 1 is 1.39 bits per heavy atom. The van der Waals surface area contributed by atoms with E-state index in [2.05, 4.69) is 9.97 Å². The average Bonchev–Trinajstić information content (AvgIpc) is 2.25. The largest absolute Gasteiger partial charge is 0.369 e. The van der Waals surface area contributed by atoms with Gasteiger partial charge in [0.25, 0.3) is 0 Å². The summed E-state index contributed by atoms with van der Waals surface area (Å²) >= 11 is 11.7. The number of hydrogen-bond donors (Lipinski definition) is 1. The number of nitrogens with two attached hydrogens (primary N) is 1. The van der Waals surface area contributed by atoms with Crippen LogP contribution in [0.15, 0.2) is 0 Å². The van der Waals surface area contributed by atoms with E-state index in [0.717, 1.165) is 17.8 Å². The van der Waals surface area contributed by atoms with Crippen molar-refractivity contribution in [2.75, 3.05) is 19.6 Å². The molecule has 5 nitrogen and oxygen atoms in total. The highest BCUT2D eigenvalue weighted by atomic mass is 35.5.